The van der Waals surface area contributed by atoms with Crippen molar-refractivity contribution in [3.8, 4) is 0 Å². The minimum absolute atomic E-state index is 0.133. The van der Waals surface area contributed by atoms with Crippen LogP contribution in [-0.4, -0.2) is 43.7 Å². The van der Waals surface area contributed by atoms with Gasteiger partial charge in [-0.1, -0.05) is 26.7 Å². The van der Waals surface area contributed by atoms with Crippen molar-refractivity contribution >= 4 is 5.91 Å². The third-order valence-electron chi connectivity index (χ3n) is 4.12. The summed E-state index contributed by atoms with van der Waals surface area (Å²) >= 11 is 0. The molecule has 1 rings (SSSR count). The molecule has 1 aliphatic rings. The molecule has 4 heteroatoms. The summed E-state index contributed by atoms with van der Waals surface area (Å²) in [5.41, 5.74) is 5.56. The first-order chi connectivity index (χ1) is 9.06. The molecule has 0 aliphatic carbocycles. The molecule has 1 unspecified atom stereocenters. The van der Waals surface area contributed by atoms with Crippen molar-refractivity contribution in [1.82, 2.24) is 4.90 Å². The number of likely N-dealkylation sites (tertiary alicyclic amines) is 1. The van der Waals surface area contributed by atoms with E-state index in [1.165, 1.54) is 12.8 Å². The van der Waals surface area contributed by atoms with E-state index < -0.39 is 0 Å². The van der Waals surface area contributed by atoms with Crippen molar-refractivity contribution in [2.45, 2.75) is 52.1 Å². The van der Waals surface area contributed by atoms with Crippen molar-refractivity contribution in [1.29, 1.82) is 0 Å². The molecule has 1 atom stereocenters. The summed E-state index contributed by atoms with van der Waals surface area (Å²) in [7, 11) is 1.61. The molecule has 0 aromatic carbocycles. The molecule has 0 spiro atoms. The lowest BCUT2D eigenvalue weighted by Gasteiger charge is -2.33. The van der Waals surface area contributed by atoms with E-state index in [0.717, 1.165) is 37.8 Å². The van der Waals surface area contributed by atoms with Crippen molar-refractivity contribution in [2.24, 2.45) is 17.6 Å². The van der Waals surface area contributed by atoms with E-state index in [9.17, 15) is 4.79 Å². The summed E-state index contributed by atoms with van der Waals surface area (Å²) < 4.78 is 5.17. The number of ether oxygens (including phenoxy) is 1. The van der Waals surface area contributed by atoms with Crippen LogP contribution in [0.4, 0.5) is 0 Å². The van der Waals surface area contributed by atoms with Gasteiger partial charge in [0.1, 0.15) is 0 Å². The molecule has 4 nitrogen and oxygen atoms in total. The molecule has 1 saturated heterocycles. The van der Waals surface area contributed by atoms with Crippen LogP contribution in [0.5, 0.6) is 0 Å². The summed E-state index contributed by atoms with van der Waals surface area (Å²) in [4.78, 5) is 14.1. The lowest BCUT2D eigenvalue weighted by molar-refractivity contribution is -0.135. The van der Waals surface area contributed by atoms with Crippen LogP contribution in [0.1, 0.15) is 46.0 Å². The van der Waals surface area contributed by atoms with Gasteiger partial charge >= 0.3 is 0 Å². The second-order valence-corrected chi connectivity index (χ2v) is 6.09. The maximum Gasteiger partial charge on any atom is 0.225 e. The lowest BCUT2D eigenvalue weighted by Crippen LogP contribution is -2.41. The Morgan fingerprint density at radius 3 is 2.47 bits per heavy atom. The number of amides is 1. The van der Waals surface area contributed by atoms with Crippen LogP contribution in [-0.2, 0) is 9.53 Å². The largest absolute Gasteiger partial charge is 0.380 e. The number of carbonyl (C=O) groups excluding carboxylic acids is 1. The molecular formula is C15H30N2O2. The number of methoxy groups -OCH3 is 1. The Kier molecular flexibility index (Phi) is 7.39. The second kappa shape index (κ2) is 8.54. The van der Waals surface area contributed by atoms with Crippen molar-refractivity contribution in [3.05, 3.63) is 0 Å². The first-order valence-electron chi connectivity index (χ1n) is 7.57. The fourth-order valence-electron chi connectivity index (χ4n) is 2.63. The topological polar surface area (TPSA) is 55.6 Å². The molecule has 1 aliphatic heterocycles. The smallest absolute Gasteiger partial charge is 0.225 e. The number of piperidine rings is 1. The maximum atomic E-state index is 12.1. The third-order valence-corrected chi connectivity index (χ3v) is 4.12. The first kappa shape index (κ1) is 16.4. The molecule has 112 valence electrons. The Balaban J connectivity index is 2.27. The third kappa shape index (κ3) is 5.91. The van der Waals surface area contributed by atoms with Gasteiger partial charge in [0.15, 0.2) is 0 Å². The Morgan fingerprint density at radius 2 is 2.00 bits per heavy atom. The minimum atomic E-state index is -0.133. The average Bonchev–Trinajstić information content (AvgIpc) is 2.42. The predicted molar refractivity (Wildman–Crippen MR) is 77.8 cm³/mol. The van der Waals surface area contributed by atoms with E-state index in [4.69, 9.17) is 10.5 Å². The Labute approximate surface area is 117 Å². The standard InChI is InChI=1S/C15H30N2O2/c1-12(2)4-5-13-6-8-17(9-7-13)15(18)10-14(11-16)19-3/h12-14H,4-11,16H2,1-3H3. The van der Waals surface area contributed by atoms with Crippen molar-refractivity contribution < 1.29 is 9.53 Å². The number of carbonyl (C=O) groups is 1. The van der Waals surface area contributed by atoms with Gasteiger partial charge in [-0.3, -0.25) is 4.79 Å². The van der Waals surface area contributed by atoms with Crippen LogP contribution in [0.3, 0.4) is 0 Å². The highest BCUT2D eigenvalue weighted by Crippen LogP contribution is 2.24. The second-order valence-electron chi connectivity index (χ2n) is 6.09. The van der Waals surface area contributed by atoms with Gasteiger partial charge in [0.05, 0.1) is 12.5 Å². The Bertz CT molecular complexity index is 257. The van der Waals surface area contributed by atoms with Gasteiger partial charge in [0, 0.05) is 26.7 Å². The zero-order chi connectivity index (χ0) is 14.3. The van der Waals surface area contributed by atoms with Crippen molar-refractivity contribution in [2.75, 3.05) is 26.7 Å². The van der Waals surface area contributed by atoms with E-state index in [1.807, 2.05) is 4.90 Å². The van der Waals surface area contributed by atoms with Crippen LogP contribution in [0.2, 0.25) is 0 Å². The predicted octanol–water partition coefficient (Wildman–Crippen LogP) is 2.02. The zero-order valence-corrected chi connectivity index (χ0v) is 12.7. The molecule has 1 heterocycles. The fraction of sp³-hybridized carbons (Fsp3) is 0.933. The van der Waals surface area contributed by atoms with Crippen LogP contribution in [0, 0.1) is 11.8 Å². The lowest BCUT2D eigenvalue weighted by atomic mass is 9.89. The zero-order valence-electron chi connectivity index (χ0n) is 12.7. The van der Waals surface area contributed by atoms with Crippen LogP contribution in [0.25, 0.3) is 0 Å². The van der Waals surface area contributed by atoms with Crippen LogP contribution in [0.15, 0.2) is 0 Å². The molecular weight excluding hydrogens is 240 g/mol. The molecule has 1 amide bonds. The normalized spacial score (nSPS) is 18.9. The summed E-state index contributed by atoms with van der Waals surface area (Å²) in [5.74, 6) is 1.78. The highest BCUT2D eigenvalue weighted by atomic mass is 16.5. The average molecular weight is 270 g/mol. The monoisotopic (exact) mass is 270 g/mol. The molecule has 0 saturated carbocycles. The summed E-state index contributed by atoms with van der Waals surface area (Å²) in [6, 6.07) is 0. The summed E-state index contributed by atoms with van der Waals surface area (Å²) in [6.07, 6.45) is 5.20. The quantitative estimate of drug-likeness (QED) is 0.770. The molecule has 0 radical (unpaired) electrons. The minimum Gasteiger partial charge on any atom is -0.380 e. The molecule has 0 bridgehead atoms. The summed E-state index contributed by atoms with van der Waals surface area (Å²) in [6.45, 7) is 6.77. The number of nitrogens with zero attached hydrogens (tertiary/aromatic N) is 1. The number of rotatable bonds is 7. The molecule has 0 aromatic heterocycles. The first-order valence-corrected chi connectivity index (χ1v) is 7.57. The molecule has 19 heavy (non-hydrogen) atoms. The molecule has 2 N–H and O–H groups in total. The van der Waals surface area contributed by atoms with Gasteiger partial charge < -0.3 is 15.4 Å². The Hall–Kier alpha value is -0.610. The van der Waals surface area contributed by atoms with Gasteiger partial charge in [0.25, 0.3) is 0 Å². The van der Waals surface area contributed by atoms with Gasteiger partial charge in [0.2, 0.25) is 5.91 Å². The van der Waals surface area contributed by atoms with Gasteiger partial charge in [-0.05, 0) is 24.7 Å². The fourth-order valence-corrected chi connectivity index (χ4v) is 2.63. The van der Waals surface area contributed by atoms with E-state index in [0.29, 0.717) is 13.0 Å². The summed E-state index contributed by atoms with van der Waals surface area (Å²) in [5, 5.41) is 0. The van der Waals surface area contributed by atoms with Crippen LogP contribution >= 0.6 is 0 Å². The highest BCUT2D eigenvalue weighted by Gasteiger charge is 2.24. The number of nitrogens with two attached hydrogens (primary N) is 1. The van der Waals surface area contributed by atoms with E-state index in [1.54, 1.807) is 7.11 Å². The van der Waals surface area contributed by atoms with Gasteiger partial charge in [-0.15, -0.1) is 0 Å². The molecule has 0 aromatic rings. The molecule has 1 fully saturated rings. The number of hydrogen-bond acceptors (Lipinski definition) is 3. The SMILES string of the molecule is COC(CN)CC(=O)N1CCC(CCC(C)C)CC1. The van der Waals surface area contributed by atoms with E-state index in [-0.39, 0.29) is 12.0 Å². The Morgan fingerprint density at radius 1 is 1.37 bits per heavy atom. The van der Waals surface area contributed by atoms with E-state index in [2.05, 4.69) is 13.8 Å². The van der Waals surface area contributed by atoms with Gasteiger partial charge in [-0.2, -0.15) is 0 Å². The highest BCUT2D eigenvalue weighted by molar-refractivity contribution is 5.76. The van der Waals surface area contributed by atoms with Gasteiger partial charge in [-0.25, -0.2) is 0 Å². The van der Waals surface area contributed by atoms with E-state index >= 15 is 0 Å². The van der Waals surface area contributed by atoms with Crippen molar-refractivity contribution in [3.63, 3.8) is 0 Å². The van der Waals surface area contributed by atoms with Crippen LogP contribution < -0.4 is 5.73 Å². The maximum absolute atomic E-state index is 12.1. The number of hydrogen-bond donors (Lipinski definition) is 1.